The van der Waals surface area contributed by atoms with Crippen LogP contribution in [0.5, 0.6) is 12.0 Å². The Hall–Kier alpha value is -2.90. The molecule has 0 bridgehead atoms. The molecule has 0 unspecified atom stereocenters. The zero-order valence-electron chi connectivity index (χ0n) is 11.8. The van der Waals surface area contributed by atoms with Gasteiger partial charge in [0.1, 0.15) is 0 Å². The number of hydrogen-bond donors (Lipinski definition) is 1. The lowest BCUT2D eigenvalue weighted by Gasteiger charge is -2.10. The molecule has 0 aliphatic rings. The van der Waals surface area contributed by atoms with Crippen LogP contribution in [0.15, 0.2) is 24.3 Å². The third kappa shape index (κ3) is 3.35. The molecule has 0 radical (unpaired) electrons. The average Bonchev–Trinajstić information content (AvgIpc) is 2.54. The van der Waals surface area contributed by atoms with Crippen molar-refractivity contribution in [3.63, 3.8) is 0 Å². The van der Waals surface area contributed by atoms with Crippen molar-refractivity contribution in [2.75, 3.05) is 26.6 Å². The summed E-state index contributed by atoms with van der Waals surface area (Å²) in [6.45, 7) is 0. The monoisotopic (exact) mass is 290 g/mol. The Morgan fingerprint density at radius 2 is 1.62 bits per heavy atom. The molecule has 0 saturated heterocycles. The number of aromatic nitrogens is 3. The predicted octanol–water partition coefficient (Wildman–Crippen LogP) is 1.42. The molecular formula is C13H14N4O4. The minimum atomic E-state index is -0.467. The van der Waals surface area contributed by atoms with Gasteiger partial charge in [0.05, 0.1) is 32.6 Å². The number of anilines is 2. The molecule has 21 heavy (non-hydrogen) atoms. The van der Waals surface area contributed by atoms with Crippen LogP contribution in [0.4, 0.5) is 11.6 Å². The summed E-state index contributed by atoms with van der Waals surface area (Å²) in [7, 11) is 4.18. The fourth-order valence-electron chi connectivity index (χ4n) is 1.58. The number of carbonyl (C=O) groups is 1. The summed E-state index contributed by atoms with van der Waals surface area (Å²) in [4.78, 5) is 23.7. The Morgan fingerprint density at radius 1 is 1.00 bits per heavy atom. The Balaban J connectivity index is 2.36. The summed E-state index contributed by atoms with van der Waals surface area (Å²) in [6, 6.07) is 7.02. The highest BCUT2D eigenvalue weighted by Crippen LogP contribution is 2.21. The molecule has 0 aliphatic carbocycles. The molecule has 0 spiro atoms. The molecule has 1 N–H and O–H groups in total. The highest BCUT2D eigenvalue weighted by Gasteiger charge is 2.13. The summed E-state index contributed by atoms with van der Waals surface area (Å²) in [5, 5.41) is 2.91. The molecule has 0 atom stereocenters. The van der Waals surface area contributed by atoms with Crippen molar-refractivity contribution < 1.29 is 19.0 Å². The largest absolute Gasteiger partial charge is 0.467 e. The van der Waals surface area contributed by atoms with Gasteiger partial charge in [0, 0.05) is 0 Å². The summed E-state index contributed by atoms with van der Waals surface area (Å²) in [6.07, 6.45) is 0. The molecule has 8 nitrogen and oxygen atoms in total. The first-order valence-corrected chi connectivity index (χ1v) is 5.96. The van der Waals surface area contributed by atoms with Gasteiger partial charge in [0.2, 0.25) is 5.95 Å². The summed E-state index contributed by atoms with van der Waals surface area (Å²) in [5.41, 5.74) is 0.859. The van der Waals surface area contributed by atoms with Crippen LogP contribution in [0, 0.1) is 0 Å². The van der Waals surface area contributed by atoms with Gasteiger partial charge in [-0.15, -0.1) is 4.98 Å². The maximum Gasteiger partial charge on any atom is 0.339 e. The van der Waals surface area contributed by atoms with E-state index in [1.54, 1.807) is 24.3 Å². The van der Waals surface area contributed by atoms with Crippen molar-refractivity contribution in [2.24, 2.45) is 0 Å². The van der Waals surface area contributed by atoms with Crippen LogP contribution < -0.4 is 14.8 Å². The minimum Gasteiger partial charge on any atom is -0.467 e. The van der Waals surface area contributed by atoms with Crippen molar-refractivity contribution in [1.29, 1.82) is 0 Å². The third-order valence-electron chi connectivity index (χ3n) is 2.54. The van der Waals surface area contributed by atoms with Gasteiger partial charge in [-0.05, 0) is 12.1 Å². The van der Waals surface area contributed by atoms with Crippen molar-refractivity contribution in [3.05, 3.63) is 29.8 Å². The second-order valence-corrected chi connectivity index (χ2v) is 3.79. The maximum absolute atomic E-state index is 11.7. The Kier molecular flexibility index (Phi) is 4.50. The first kappa shape index (κ1) is 14.5. The number of rotatable bonds is 5. The van der Waals surface area contributed by atoms with E-state index in [9.17, 15) is 4.79 Å². The van der Waals surface area contributed by atoms with Crippen LogP contribution in [0.25, 0.3) is 0 Å². The quantitative estimate of drug-likeness (QED) is 0.826. The van der Waals surface area contributed by atoms with Crippen LogP contribution in [0.3, 0.4) is 0 Å². The van der Waals surface area contributed by atoms with Gasteiger partial charge < -0.3 is 19.5 Å². The van der Waals surface area contributed by atoms with Crippen LogP contribution in [-0.4, -0.2) is 42.3 Å². The Morgan fingerprint density at radius 3 is 2.19 bits per heavy atom. The maximum atomic E-state index is 11.7. The zero-order valence-corrected chi connectivity index (χ0v) is 11.8. The fourth-order valence-corrected chi connectivity index (χ4v) is 1.58. The molecule has 0 saturated carbocycles. The van der Waals surface area contributed by atoms with Crippen molar-refractivity contribution in [2.45, 2.75) is 0 Å². The van der Waals surface area contributed by atoms with E-state index in [0.717, 1.165) is 0 Å². The minimum absolute atomic E-state index is 0.0971. The van der Waals surface area contributed by atoms with Crippen LogP contribution >= 0.6 is 0 Å². The highest BCUT2D eigenvalue weighted by atomic mass is 16.5. The molecule has 2 rings (SSSR count). The molecule has 1 aromatic heterocycles. The van der Waals surface area contributed by atoms with E-state index in [0.29, 0.717) is 11.3 Å². The number of ether oxygens (including phenoxy) is 3. The number of carbonyl (C=O) groups excluding carboxylic acids is 1. The number of nitrogens with zero attached hydrogens (tertiary/aromatic N) is 3. The lowest BCUT2D eigenvalue weighted by molar-refractivity contribution is 0.0602. The Bertz CT molecular complexity index is 626. The standard InChI is InChI=1S/C13H14N4O4/c1-19-10(18)8-6-4-5-7-9(8)14-11-15-12(20-2)17-13(16-11)21-3/h4-7H,1-3H3,(H,14,15,16,17). The molecule has 1 aromatic carbocycles. The molecule has 0 fully saturated rings. The van der Waals surface area contributed by atoms with Crippen molar-refractivity contribution in [3.8, 4) is 12.0 Å². The van der Waals surface area contributed by atoms with Crippen LogP contribution in [0.2, 0.25) is 0 Å². The van der Waals surface area contributed by atoms with Gasteiger partial charge in [-0.3, -0.25) is 0 Å². The molecule has 1 heterocycles. The number of hydrogen-bond acceptors (Lipinski definition) is 8. The van der Waals surface area contributed by atoms with E-state index in [4.69, 9.17) is 14.2 Å². The molecule has 0 aliphatic heterocycles. The summed E-state index contributed by atoms with van der Waals surface area (Å²) < 4.78 is 14.6. The van der Waals surface area contributed by atoms with E-state index in [1.165, 1.54) is 21.3 Å². The number of esters is 1. The smallest absolute Gasteiger partial charge is 0.339 e. The van der Waals surface area contributed by atoms with Gasteiger partial charge >= 0.3 is 18.0 Å². The van der Waals surface area contributed by atoms with Gasteiger partial charge in [-0.25, -0.2) is 4.79 Å². The average molecular weight is 290 g/mol. The first-order chi connectivity index (χ1) is 10.2. The first-order valence-electron chi connectivity index (χ1n) is 5.96. The van der Waals surface area contributed by atoms with E-state index >= 15 is 0 Å². The number of nitrogens with one attached hydrogen (secondary N) is 1. The van der Waals surface area contributed by atoms with Gasteiger partial charge in [0.15, 0.2) is 0 Å². The summed E-state index contributed by atoms with van der Waals surface area (Å²) >= 11 is 0. The van der Waals surface area contributed by atoms with Gasteiger partial charge in [-0.2, -0.15) is 9.97 Å². The number of benzene rings is 1. The van der Waals surface area contributed by atoms with Crippen LogP contribution in [-0.2, 0) is 4.74 Å². The van der Waals surface area contributed by atoms with E-state index < -0.39 is 5.97 Å². The number of para-hydroxylation sites is 1. The molecular weight excluding hydrogens is 276 g/mol. The van der Waals surface area contributed by atoms with E-state index in [2.05, 4.69) is 20.3 Å². The predicted molar refractivity (Wildman–Crippen MR) is 74.0 cm³/mol. The lowest BCUT2D eigenvalue weighted by atomic mass is 10.2. The topological polar surface area (TPSA) is 95.5 Å². The molecule has 2 aromatic rings. The van der Waals surface area contributed by atoms with Crippen molar-refractivity contribution in [1.82, 2.24) is 15.0 Å². The SMILES string of the molecule is COC(=O)c1ccccc1Nc1nc(OC)nc(OC)n1. The fraction of sp³-hybridized carbons (Fsp3) is 0.231. The van der Waals surface area contributed by atoms with Gasteiger partial charge in [0.25, 0.3) is 0 Å². The molecule has 0 amide bonds. The zero-order chi connectivity index (χ0) is 15.2. The lowest BCUT2D eigenvalue weighted by Crippen LogP contribution is -2.08. The van der Waals surface area contributed by atoms with E-state index in [-0.39, 0.29) is 18.0 Å². The van der Waals surface area contributed by atoms with Crippen molar-refractivity contribution >= 4 is 17.6 Å². The van der Waals surface area contributed by atoms with E-state index in [1.807, 2.05) is 0 Å². The summed E-state index contributed by atoms with van der Waals surface area (Å²) in [5.74, 6) is -0.277. The second-order valence-electron chi connectivity index (χ2n) is 3.79. The van der Waals surface area contributed by atoms with Gasteiger partial charge in [-0.1, -0.05) is 12.1 Å². The van der Waals surface area contributed by atoms with Crippen LogP contribution in [0.1, 0.15) is 10.4 Å². The Labute approximate surface area is 121 Å². The normalized spacial score (nSPS) is 9.86. The molecule has 8 heteroatoms. The number of methoxy groups -OCH3 is 3. The highest BCUT2D eigenvalue weighted by molar-refractivity contribution is 5.96. The third-order valence-corrected chi connectivity index (χ3v) is 2.54. The second kappa shape index (κ2) is 6.51. The molecule has 110 valence electrons.